The Bertz CT molecular complexity index is 995. The standard InChI is InChI=1S/C20H23N5O3/c1-2-25-19-16(12-22-25)18(23-13-6-8-28-9-7-13)17(11-21-19)20(27)24-14-4-3-5-15(26)10-14/h3-5,10-13,26H,2,6-9H2,1H3,(H,21,23)(H,24,27). The SMILES string of the molecule is CCn1ncc2c(NC3CCOCC3)c(C(=O)Nc3cccc(O)c3)cnc21. The number of nitrogens with one attached hydrogen (secondary N) is 2. The number of ether oxygens (including phenoxy) is 1. The number of amides is 1. The van der Waals surface area contributed by atoms with Crippen molar-refractivity contribution < 1.29 is 14.6 Å². The van der Waals surface area contributed by atoms with Crippen LogP contribution in [0.1, 0.15) is 30.1 Å². The third-order valence-electron chi connectivity index (χ3n) is 4.88. The summed E-state index contributed by atoms with van der Waals surface area (Å²) in [5.74, 6) is -0.199. The summed E-state index contributed by atoms with van der Waals surface area (Å²) < 4.78 is 7.25. The molecule has 3 aromatic rings. The predicted octanol–water partition coefficient (Wildman–Crippen LogP) is 3.00. The molecule has 0 bridgehead atoms. The highest BCUT2D eigenvalue weighted by molar-refractivity contribution is 6.12. The van der Waals surface area contributed by atoms with Gasteiger partial charge in [-0.3, -0.25) is 4.79 Å². The Hall–Kier alpha value is -3.13. The Morgan fingerprint density at radius 3 is 2.89 bits per heavy atom. The first kappa shape index (κ1) is 18.2. The molecule has 3 N–H and O–H groups in total. The molecule has 0 saturated carbocycles. The van der Waals surface area contributed by atoms with E-state index in [4.69, 9.17) is 4.74 Å². The average Bonchev–Trinajstić information content (AvgIpc) is 3.12. The van der Waals surface area contributed by atoms with Crippen molar-refractivity contribution in [2.75, 3.05) is 23.8 Å². The monoisotopic (exact) mass is 381 g/mol. The van der Waals surface area contributed by atoms with E-state index in [1.165, 1.54) is 6.07 Å². The molecular weight excluding hydrogens is 358 g/mol. The molecule has 0 unspecified atom stereocenters. The molecule has 8 heteroatoms. The number of aryl methyl sites for hydroxylation is 1. The van der Waals surface area contributed by atoms with Crippen molar-refractivity contribution >= 4 is 28.3 Å². The van der Waals surface area contributed by atoms with Crippen LogP contribution >= 0.6 is 0 Å². The number of hydrogen-bond acceptors (Lipinski definition) is 6. The summed E-state index contributed by atoms with van der Waals surface area (Å²) in [6, 6.07) is 6.69. The van der Waals surface area contributed by atoms with Crippen LogP contribution < -0.4 is 10.6 Å². The first-order chi connectivity index (χ1) is 13.7. The minimum atomic E-state index is -0.293. The molecule has 4 rings (SSSR count). The van der Waals surface area contributed by atoms with Gasteiger partial charge in [-0.05, 0) is 31.9 Å². The topological polar surface area (TPSA) is 101 Å². The van der Waals surface area contributed by atoms with Gasteiger partial charge in [-0.1, -0.05) is 6.07 Å². The van der Waals surface area contributed by atoms with Gasteiger partial charge in [-0.25, -0.2) is 9.67 Å². The van der Waals surface area contributed by atoms with E-state index in [2.05, 4.69) is 20.7 Å². The van der Waals surface area contributed by atoms with Crippen LogP contribution in [0.2, 0.25) is 0 Å². The molecule has 2 aromatic heterocycles. The lowest BCUT2D eigenvalue weighted by molar-refractivity contribution is 0.0904. The highest BCUT2D eigenvalue weighted by Crippen LogP contribution is 2.29. The lowest BCUT2D eigenvalue weighted by atomic mass is 10.1. The molecule has 1 aliphatic heterocycles. The largest absolute Gasteiger partial charge is 0.508 e. The van der Waals surface area contributed by atoms with Crippen LogP contribution in [-0.4, -0.2) is 45.0 Å². The first-order valence-electron chi connectivity index (χ1n) is 9.45. The van der Waals surface area contributed by atoms with E-state index in [9.17, 15) is 9.90 Å². The number of benzene rings is 1. The number of carbonyl (C=O) groups is 1. The molecule has 3 heterocycles. The molecule has 0 atom stereocenters. The highest BCUT2D eigenvalue weighted by Gasteiger charge is 2.22. The van der Waals surface area contributed by atoms with E-state index in [0.717, 1.165) is 29.6 Å². The fraction of sp³-hybridized carbons (Fsp3) is 0.350. The maximum absolute atomic E-state index is 13.0. The van der Waals surface area contributed by atoms with Crippen LogP contribution in [0.25, 0.3) is 11.0 Å². The molecule has 1 aromatic carbocycles. The van der Waals surface area contributed by atoms with E-state index in [1.807, 2.05) is 6.92 Å². The van der Waals surface area contributed by atoms with Crippen LogP contribution in [0, 0.1) is 0 Å². The van der Waals surface area contributed by atoms with Crippen LogP contribution in [0.4, 0.5) is 11.4 Å². The fourth-order valence-corrected chi connectivity index (χ4v) is 3.41. The van der Waals surface area contributed by atoms with E-state index in [0.29, 0.717) is 31.0 Å². The summed E-state index contributed by atoms with van der Waals surface area (Å²) in [4.78, 5) is 17.5. The molecule has 0 aliphatic carbocycles. The zero-order valence-corrected chi connectivity index (χ0v) is 15.7. The number of hydrogen-bond donors (Lipinski definition) is 3. The summed E-state index contributed by atoms with van der Waals surface area (Å²) in [6.45, 7) is 4.10. The Morgan fingerprint density at radius 1 is 1.32 bits per heavy atom. The van der Waals surface area contributed by atoms with Crippen molar-refractivity contribution in [2.24, 2.45) is 0 Å². The van der Waals surface area contributed by atoms with Gasteiger partial charge in [0.2, 0.25) is 0 Å². The van der Waals surface area contributed by atoms with E-state index in [1.54, 1.807) is 35.3 Å². The first-order valence-corrected chi connectivity index (χ1v) is 9.45. The molecule has 0 radical (unpaired) electrons. The number of phenolic OH excluding ortho intramolecular Hbond substituents is 1. The molecule has 28 heavy (non-hydrogen) atoms. The van der Waals surface area contributed by atoms with Crippen molar-refractivity contribution in [1.82, 2.24) is 14.8 Å². The maximum atomic E-state index is 13.0. The zero-order valence-electron chi connectivity index (χ0n) is 15.7. The third kappa shape index (κ3) is 3.63. The van der Waals surface area contributed by atoms with Gasteiger partial charge >= 0.3 is 0 Å². The van der Waals surface area contributed by atoms with Gasteiger partial charge in [0.1, 0.15) is 5.75 Å². The summed E-state index contributed by atoms with van der Waals surface area (Å²) in [5, 5.41) is 21.2. The second kappa shape index (κ2) is 7.85. The van der Waals surface area contributed by atoms with Crippen molar-refractivity contribution in [1.29, 1.82) is 0 Å². The molecule has 1 amide bonds. The molecule has 146 valence electrons. The van der Waals surface area contributed by atoms with Gasteiger partial charge in [-0.15, -0.1) is 0 Å². The van der Waals surface area contributed by atoms with Gasteiger partial charge in [0.15, 0.2) is 5.65 Å². The summed E-state index contributed by atoms with van der Waals surface area (Å²) in [6.07, 6.45) is 5.08. The van der Waals surface area contributed by atoms with E-state index >= 15 is 0 Å². The van der Waals surface area contributed by atoms with Crippen molar-refractivity contribution in [3.05, 3.63) is 42.2 Å². The fourth-order valence-electron chi connectivity index (χ4n) is 3.41. The lowest BCUT2D eigenvalue weighted by Gasteiger charge is -2.25. The van der Waals surface area contributed by atoms with Crippen molar-refractivity contribution in [2.45, 2.75) is 32.4 Å². The average molecular weight is 381 g/mol. The van der Waals surface area contributed by atoms with Gasteiger partial charge in [-0.2, -0.15) is 5.10 Å². The van der Waals surface area contributed by atoms with E-state index < -0.39 is 0 Å². The van der Waals surface area contributed by atoms with Crippen molar-refractivity contribution in [3.63, 3.8) is 0 Å². The summed E-state index contributed by atoms with van der Waals surface area (Å²) in [5.41, 5.74) is 2.43. The van der Waals surface area contributed by atoms with Crippen LogP contribution in [-0.2, 0) is 11.3 Å². The Kier molecular flexibility index (Phi) is 5.12. The number of phenols is 1. The second-order valence-corrected chi connectivity index (χ2v) is 6.78. The summed E-state index contributed by atoms with van der Waals surface area (Å²) >= 11 is 0. The summed E-state index contributed by atoms with van der Waals surface area (Å²) in [7, 11) is 0. The van der Waals surface area contributed by atoms with Crippen molar-refractivity contribution in [3.8, 4) is 5.75 Å². The second-order valence-electron chi connectivity index (χ2n) is 6.78. The minimum absolute atomic E-state index is 0.0937. The van der Waals surface area contributed by atoms with Gasteiger partial charge in [0.05, 0.1) is 22.8 Å². The highest BCUT2D eigenvalue weighted by atomic mass is 16.5. The molecule has 8 nitrogen and oxygen atoms in total. The Balaban J connectivity index is 1.71. The van der Waals surface area contributed by atoms with Gasteiger partial charge in [0.25, 0.3) is 5.91 Å². The predicted molar refractivity (Wildman–Crippen MR) is 107 cm³/mol. The molecule has 1 fully saturated rings. The zero-order chi connectivity index (χ0) is 19.5. The molecule has 0 spiro atoms. The number of aromatic nitrogens is 3. The Morgan fingerprint density at radius 2 is 2.14 bits per heavy atom. The van der Waals surface area contributed by atoms with Crippen LogP contribution in [0.3, 0.4) is 0 Å². The molecule has 1 saturated heterocycles. The minimum Gasteiger partial charge on any atom is -0.508 e. The number of anilines is 2. The smallest absolute Gasteiger partial charge is 0.259 e. The maximum Gasteiger partial charge on any atom is 0.259 e. The third-order valence-corrected chi connectivity index (χ3v) is 4.88. The van der Waals surface area contributed by atoms with Crippen LogP contribution in [0.5, 0.6) is 5.75 Å². The van der Waals surface area contributed by atoms with Crippen LogP contribution in [0.15, 0.2) is 36.7 Å². The van der Waals surface area contributed by atoms with E-state index in [-0.39, 0.29) is 17.7 Å². The molecule has 1 aliphatic rings. The number of pyridine rings is 1. The number of carbonyl (C=O) groups excluding carboxylic acids is 1. The number of aromatic hydroxyl groups is 1. The number of rotatable bonds is 5. The quantitative estimate of drug-likeness (QED) is 0.628. The molecular formula is C20H23N5O3. The number of nitrogens with zero attached hydrogens (tertiary/aromatic N) is 3. The Labute approximate surface area is 162 Å². The van der Waals surface area contributed by atoms with Gasteiger partial charge in [0, 0.05) is 43.8 Å². The normalized spacial score (nSPS) is 14.9. The lowest BCUT2D eigenvalue weighted by Crippen LogP contribution is -2.29. The number of fused-ring (bicyclic) bond motifs is 1. The van der Waals surface area contributed by atoms with Gasteiger partial charge < -0.3 is 20.5 Å².